The summed E-state index contributed by atoms with van der Waals surface area (Å²) in [5.74, 6) is -0.0549. The average Bonchev–Trinajstić information content (AvgIpc) is 2.62. The molecular formula is C19H20Cl3N3O. The molecule has 1 heterocycles. The first-order chi connectivity index (χ1) is 12.5. The fourth-order valence-corrected chi connectivity index (χ4v) is 3.67. The molecule has 1 aliphatic rings. The van der Waals surface area contributed by atoms with Crippen molar-refractivity contribution in [3.63, 3.8) is 0 Å². The molecule has 2 aromatic carbocycles. The Morgan fingerprint density at radius 1 is 0.846 bits per heavy atom. The number of rotatable bonds is 5. The zero-order valence-corrected chi connectivity index (χ0v) is 16.5. The smallest absolute Gasteiger partial charge is 0.238 e. The summed E-state index contributed by atoms with van der Waals surface area (Å²) < 4.78 is 0. The molecule has 0 spiro atoms. The second kappa shape index (κ2) is 9.07. The highest BCUT2D eigenvalue weighted by atomic mass is 35.5. The van der Waals surface area contributed by atoms with E-state index in [-0.39, 0.29) is 5.91 Å². The van der Waals surface area contributed by atoms with Gasteiger partial charge in [-0.15, -0.1) is 0 Å². The molecule has 138 valence electrons. The lowest BCUT2D eigenvalue weighted by atomic mass is 10.2. The quantitative estimate of drug-likeness (QED) is 0.790. The summed E-state index contributed by atoms with van der Waals surface area (Å²) in [5.41, 5.74) is 1.60. The molecule has 0 aromatic heterocycles. The molecular weight excluding hydrogens is 393 g/mol. The fraction of sp³-hybridized carbons (Fsp3) is 0.316. The maximum atomic E-state index is 12.2. The van der Waals surface area contributed by atoms with Crippen LogP contribution < -0.4 is 5.32 Å². The standard InChI is InChI=1S/C19H20Cl3N3O/c20-15-5-3-6-16(21)14(15)12-24-8-10-25(11-9-24)13-19(26)23-18-7-2-1-4-17(18)22/h1-7H,8-13H2,(H,23,26). The highest BCUT2D eigenvalue weighted by Gasteiger charge is 2.20. The number of nitrogens with zero attached hydrogens (tertiary/aromatic N) is 2. The van der Waals surface area contributed by atoms with Crippen LogP contribution in [0.5, 0.6) is 0 Å². The predicted molar refractivity (Wildman–Crippen MR) is 108 cm³/mol. The zero-order chi connectivity index (χ0) is 18.5. The molecule has 26 heavy (non-hydrogen) atoms. The molecule has 0 atom stereocenters. The third kappa shape index (κ3) is 5.12. The van der Waals surface area contributed by atoms with Crippen LogP contribution in [0.3, 0.4) is 0 Å². The molecule has 1 amide bonds. The first kappa shape index (κ1) is 19.5. The van der Waals surface area contributed by atoms with Gasteiger partial charge in [-0.05, 0) is 24.3 Å². The number of nitrogens with one attached hydrogen (secondary N) is 1. The van der Waals surface area contributed by atoms with Crippen molar-refractivity contribution in [3.8, 4) is 0 Å². The van der Waals surface area contributed by atoms with E-state index in [4.69, 9.17) is 34.8 Å². The topological polar surface area (TPSA) is 35.6 Å². The third-order valence-electron chi connectivity index (χ3n) is 4.42. The lowest BCUT2D eigenvalue weighted by Gasteiger charge is -2.34. The van der Waals surface area contributed by atoms with Crippen molar-refractivity contribution in [2.45, 2.75) is 6.54 Å². The van der Waals surface area contributed by atoms with Crippen molar-refractivity contribution >= 4 is 46.4 Å². The van der Waals surface area contributed by atoms with E-state index in [1.165, 1.54) is 0 Å². The van der Waals surface area contributed by atoms with E-state index in [0.717, 1.165) is 38.3 Å². The van der Waals surface area contributed by atoms with Crippen LogP contribution in [0.15, 0.2) is 42.5 Å². The summed E-state index contributed by atoms with van der Waals surface area (Å²) in [7, 11) is 0. The van der Waals surface area contributed by atoms with E-state index in [0.29, 0.717) is 27.3 Å². The molecule has 4 nitrogen and oxygen atoms in total. The predicted octanol–water partition coefficient (Wildman–Crippen LogP) is 4.40. The number of benzene rings is 2. The minimum absolute atomic E-state index is 0.0549. The number of anilines is 1. The van der Waals surface area contributed by atoms with Crippen molar-refractivity contribution in [1.82, 2.24) is 9.80 Å². The van der Waals surface area contributed by atoms with E-state index >= 15 is 0 Å². The Bertz CT molecular complexity index is 756. The van der Waals surface area contributed by atoms with Crippen molar-refractivity contribution in [1.29, 1.82) is 0 Å². The summed E-state index contributed by atoms with van der Waals surface area (Å²) >= 11 is 18.6. The molecule has 3 rings (SSSR count). The fourth-order valence-electron chi connectivity index (χ4n) is 2.97. The molecule has 2 aromatic rings. The Hall–Kier alpha value is -1.30. The average molecular weight is 413 g/mol. The van der Waals surface area contributed by atoms with Crippen molar-refractivity contribution in [3.05, 3.63) is 63.1 Å². The van der Waals surface area contributed by atoms with E-state index in [2.05, 4.69) is 15.1 Å². The van der Waals surface area contributed by atoms with Crippen molar-refractivity contribution in [2.75, 3.05) is 38.0 Å². The van der Waals surface area contributed by atoms with Crippen LogP contribution in [0, 0.1) is 0 Å². The number of para-hydroxylation sites is 1. The van der Waals surface area contributed by atoms with Gasteiger partial charge in [-0.25, -0.2) is 0 Å². The van der Waals surface area contributed by atoms with Gasteiger partial charge in [0.1, 0.15) is 0 Å². The Balaban J connectivity index is 1.48. The number of hydrogen-bond donors (Lipinski definition) is 1. The number of amides is 1. The molecule has 0 saturated carbocycles. The normalized spacial score (nSPS) is 15.8. The van der Waals surface area contributed by atoms with E-state index in [1.54, 1.807) is 12.1 Å². The molecule has 1 saturated heterocycles. The number of halogens is 3. The maximum absolute atomic E-state index is 12.2. The number of carbonyl (C=O) groups is 1. The van der Waals surface area contributed by atoms with Gasteiger partial charge in [-0.1, -0.05) is 53.0 Å². The molecule has 1 N–H and O–H groups in total. The van der Waals surface area contributed by atoms with Gasteiger partial charge in [0.15, 0.2) is 0 Å². The second-order valence-corrected chi connectivity index (χ2v) is 7.50. The van der Waals surface area contributed by atoms with Gasteiger partial charge in [0.25, 0.3) is 0 Å². The Labute approximate surface area is 168 Å². The van der Waals surface area contributed by atoms with Crippen LogP contribution in [-0.2, 0) is 11.3 Å². The number of piperazine rings is 1. The van der Waals surface area contributed by atoms with Crippen molar-refractivity contribution < 1.29 is 4.79 Å². The van der Waals surface area contributed by atoms with Crippen LogP contribution in [0.2, 0.25) is 15.1 Å². The third-order valence-corrected chi connectivity index (χ3v) is 5.46. The van der Waals surface area contributed by atoms with Gasteiger partial charge >= 0.3 is 0 Å². The lowest BCUT2D eigenvalue weighted by molar-refractivity contribution is -0.117. The minimum atomic E-state index is -0.0549. The Kier molecular flexibility index (Phi) is 6.79. The molecule has 0 unspecified atom stereocenters. The first-order valence-electron chi connectivity index (χ1n) is 8.45. The molecule has 0 radical (unpaired) electrons. The maximum Gasteiger partial charge on any atom is 0.238 e. The minimum Gasteiger partial charge on any atom is -0.324 e. The SMILES string of the molecule is O=C(CN1CCN(Cc2c(Cl)cccc2Cl)CC1)Nc1ccccc1Cl. The molecule has 1 aliphatic heterocycles. The van der Waals surface area contributed by atoms with Gasteiger partial charge < -0.3 is 5.32 Å². The van der Waals surface area contributed by atoms with Gasteiger partial charge in [-0.3, -0.25) is 14.6 Å². The van der Waals surface area contributed by atoms with Gasteiger partial charge in [0.05, 0.1) is 17.3 Å². The Morgan fingerprint density at radius 3 is 2.08 bits per heavy atom. The highest BCUT2D eigenvalue weighted by molar-refractivity contribution is 6.36. The van der Waals surface area contributed by atoms with Crippen molar-refractivity contribution in [2.24, 2.45) is 0 Å². The second-order valence-electron chi connectivity index (χ2n) is 6.28. The molecule has 7 heteroatoms. The lowest BCUT2D eigenvalue weighted by Crippen LogP contribution is -2.48. The summed E-state index contributed by atoms with van der Waals surface area (Å²) in [6.45, 7) is 4.43. The first-order valence-corrected chi connectivity index (χ1v) is 9.58. The summed E-state index contributed by atoms with van der Waals surface area (Å²) in [5, 5.41) is 4.79. The van der Waals surface area contributed by atoms with Gasteiger partial charge in [0, 0.05) is 48.3 Å². The van der Waals surface area contributed by atoms with Crippen LogP contribution >= 0.6 is 34.8 Å². The number of hydrogen-bond acceptors (Lipinski definition) is 3. The molecule has 0 bridgehead atoms. The van der Waals surface area contributed by atoms with Gasteiger partial charge in [0.2, 0.25) is 5.91 Å². The van der Waals surface area contributed by atoms with Crippen LogP contribution in [0.4, 0.5) is 5.69 Å². The van der Waals surface area contributed by atoms with E-state index in [9.17, 15) is 4.79 Å². The van der Waals surface area contributed by atoms with E-state index < -0.39 is 0 Å². The summed E-state index contributed by atoms with van der Waals surface area (Å²) in [6, 6.07) is 12.8. The Morgan fingerprint density at radius 2 is 1.42 bits per heavy atom. The molecule has 0 aliphatic carbocycles. The van der Waals surface area contributed by atoms with Gasteiger partial charge in [-0.2, -0.15) is 0 Å². The monoisotopic (exact) mass is 411 g/mol. The molecule has 1 fully saturated rings. The summed E-state index contributed by atoms with van der Waals surface area (Å²) in [6.07, 6.45) is 0. The van der Waals surface area contributed by atoms with E-state index in [1.807, 2.05) is 30.3 Å². The number of carbonyl (C=O) groups excluding carboxylic acids is 1. The summed E-state index contributed by atoms with van der Waals surface area (Å²) in [4.78, 5) is 16.7. The highest BCUT2D eigenvalue weighted by Crippen LogP contribution is 2.26. The van der Waals surface area contributed by atoms with Crippen LogP contribution in [0.25, 0.3) is 0 Å². The van der Waals surface area contributed by atoms with Crippen LogP contribution in [0.1, 0.15) is 5.56 Å². The zero-order valence-electron chi connectivity index (χ0n) is 14.2. The van der Waals surface area contributed by atoms with Crippen LogP contribution in [-0.4, -0.2) is 48.4 Å². The largest absolute Gasteiger partial charge is 0.324 e.